The van der Waals surface area contributed by atoms with Gasteiger partial charge >= 0.3 is 12.1 Å². The Hall–Kier alpha value is -5.02. The summed E-state index contributed by atoms with van der Waals surface area (Å²) in [5.41, 5.74) is 4.61. The number of amides is 2. The lowest BCUT2D eigenvalue weighted by molar-refractivity contribution is -0.122. The van der Waals surface area contributed by atoms with Gasteiger partial charge in [0.05, 0.1) is 24.0 Å². The van der Waals surface area contributed by atoms with Crippen LogP contribution in [0.15, 0.2) is 97.1 Å². The number of carboxylic acid groups (broad SMARTS) is 1. The number of alkyl carbamates (subject to hydrolysis) is 1. The molecule has 1 aliphatic carbocycles. The maximum atomic E-state index is 14.6. The van der Waals surface area contributed by atoms with Crippen LogP contribution in [-0.4, -0.2) is 41.8 Å². The summed E-state index contributed by atoms with van der Waals surface area (Å²) >= 11 is 0. The van der Waals surface area contributed by atoms with Gasteiger partial charge in [-0.3, -0.25) is 4.79 Å². The van der Waals surface area contributed by atoms with Gasteiger partial charge in [0.15, 0.2) is 0 Å². The van der Waals surface area contributed by atoms with E-state index in [1.165, 1.54) is 6.07 Å². The van der Waals surface area contributed by atoms with Crippen LogP contribution in [0.2, 0.25) is 0 Å². The van der Waals surface area contributed by atoms with Crippen LogP contribution in [0.5, 0.6) is 0 Å². The molecule has 8 nitrogen and oxygen atoms in total. The number of aromatic carboxylic acids is 1. The zero-order valence-electron chi connectivity index (χ0n) is 22.8. The lowest BCUT2D eigenvalue weighted by Crippen LogP contribution is -2.51. The zero-order valence-corrected chi connectivity index (χ0v) is 22.8. The van der Waals surface area contributed by atoms with Crippen molar-refractivity contribution in [1.29, 1.82) is 0 Å². The first-order valence-corrected chi connectivity index (χ1v) is 13.4. The molecule has 0 fully saturated rings. The lowest BCUT2D eigenvalue weighted by Gasteiger charge is -2.25. The largest absolute Gasteiger partial charge is 0.478 e. The average Bonchev–Trinajstić information content (AvgIpc) is 3.32. The molecule has 4 aromatic rings. The fraction of sp³-hybridized carbons (Fsp3) is 0.182. The minimum absolute atomic E-state index is 0.0404. The summed E-state index contributed by atoms with van der Waals surface area (Å²) in [4.78, 5) is 37.5. The van der Waals surface area contributed by atoms with Gasteiger partial charge in [-0.05, 0) is 52.9 Å². The smallest absolute Gasteiger partial charge is 0.407 e. The van der Waals surface area contributed by atoms with E-state index in [0.717, 1.165) is 39.9 Å². The van der Waals surface area contributed by atoms with Gasteiger partial charge in [0, 0.05) is 5.92 Å². The molecule has 0 radical (unpaired) electrons. The summed E-state index contributed by atoms with van der Waals surface area (Å²) in [5.74, 6) is -3.17. The number of ether oxygens (including phenoxy) is 2. The highest BCUT2D eigenvalue weighted by Crippen LogP contribution is 2.44. The number of hydrogen-bond donors (Lipinski definition) is 3. The van der Waals surface area contributed by atoms with E-state index >= 15 is 0 Å². The van der Waals surface area contributed by atoms with Crippen molar-refractivity contribution in [2.24, 2.45) is 0 Å². The van der Waals surface area contributed by atoms with Crippen molar-refractivity contribution in [3.63, 3.8) is 0 Å². The second-order valence-corrected chi connectivity index (χ2v) is 9.94. The number of nitrogens with one attached hydrogen (secondary N) is 2. The minimum atomic E-state index is -1.30. The molecule has 0 heterocycles. The third kappa shape index (κ3) is 6.31. The van der Waals surface area contributed by atoms with Crippen LogP contribution in [0.25, 0.3) is 11.1 Å². The Bertz CT molecular complexity index is 1560. The molecule has 3 N–H and O–H groups in total. The molecule has 0 saturated heterocycles. The summed E-state index contributed by atoms with van der Waals surface area (Å²) in [5, 5.41) is 14.1. The lowest BCUT2D eigenvalue weighted by atomic mass is 9.98. The zero-order chi connectivity index (χ0) is 29.6. The Balaban J connectivity index is 1.30. The fourth-order valence-electron chi connectivity index (χ4n) is 5.02. The summed E-state index contributed by atoms with van der Waals surface area (Å²) < 4.78 is 26.1. The number of benzene rings is 4. The van der Waals surface area contributed by atoms with Crippen molar-refractivity contribution < 1.29 is 33.4 Å². The summed E-state index contributed by atoms with van der Waals surface area (Å²) in [6, 6.07) is 27.0. The van der Waals surface area contributed by atoms with Crippen LogP contribution in [0, 0.1) is 5.82 Å². The number of rotatable bonds is 10. The third-order valence-corrected chi connectivity index (χ3v) is 7.20. The van der Waals surface area contributed by atoms with Gasteiger partial charge in [0.2, 0.25) is 5.91 Å². The second kappa shape index (κ2) is 12.7. The number of fused-ring (bicyclic) bond motifs is 3. The van der Waals surface area contributed by atoms with Crippen molar-refractivity contribution in [3.8, 4) is 11.1 Å². The van der Waals surface area contributed by atoms with Crippen LogP contribution in [0.3, 0.4) is 0 Å². The van der Waals surface area contributed by atoms with Crippen LogP contribution >= 0.6 is 0 Å². The normalized spacial score (nSPS) is 13.4. The molecule has 214 valence electrons. The van der Waals surface area contributed by atoms with Crippen LogP contribution in [0.4, 0.5) is 14.9 Å². The monoisotopic (exact) mass is 568 g/mol. The highest BCUT2D eigenvalue weighted by atomic mass is 19.1. The van der Waals surface area contributed by atoms with Crippen molar-refractivity contribution in [2.45, 2.75) is 31.6 Å². The van der Waals surface area contributed by atoms with E-state index < -0.39 is 35.9 Å². The van der Waals surface area contributed by atoms with E-state index in [1.54, 1.807) is 6.92 Å². The minimum Gasteiger partial charge on any atom is -0.478 e. The molecule has 0 unspecified atom stereocenters. The summed E-state index contributed by atoms with van der Waals surface area (Å²) in [6.07, 6.45) is -1.68. The maximum Gasteiger partial charge on any atom is 0.407 e. The third-order valence-electron chi connectivity index (χ3n) is 7.20. The first-order valence-electron chi connectivity index (χ1n) is 13.4. The molecule has 0 saturated carbocycles. The molecule has 9 heteroatoms. The summed E-state index contributed by atoms with van der Waals surface area (Å²) in [7, 11) is 0. The van der Waals surface area contributed by atoms with Crippen molar-refractivity contribution in [3.05, 3.63) is 125 Å². The Morgan fingerprint density at radius 3 is 2.12 bits per heavy atom. The molecule has 5 rings (SSSR count). The molecule has 2 atom stereocenters. The maximum absolute atomic E-state index is 14.6. The molecule has 0 bridgehead atoms. The molecule has 2 amide bonds. The number of carbonyl (C=O) groups excluding carboxylic acids is 2. The number of hydrogen-bond acceptors (Lipinski definition) is 5. The van der Waals surface area contributed by atoms with E-state index in [1.807, 2.05) is 78.9 Å². The van der Waals surface area contributed by atoms with Crippen LogP contribution in [0.1, 0.15) is 39.9 Å². The van der Waals surface area contributed by atoms with E-state index in [4.69, 9.17) is 14.6 Å². The van der Waals surface area contributed by atoms with Gasteiger partial charge < -0.3 is 25.2 Å². The van der Waals surface area contributed by atoms with E-state index in [2.05, 4.69) is 10.6 Å². The average molecular weight is 569 g/mol. The SMILES string of the molecule is C[C@H](OCc1ccccc1)[C@@H](NC(=O)OCC1c2ccccc2-c2ccccc21)C(=O)Nc1ccc(C(=O)O)cc1F. The van der Waals surface area contributed by atoms with Crippen LogP contribution < -0.4 is 10.6 Å². The molecule has 0 spiro atoms. The van der Waals surface area contributed by atoms with Crippen LogP contribution in [-0.2, 0) is 20.9 Å². The van der Waals surface area contributed by atoms with Gasteiger partial charge in [0.1, 0.15) is 18.5 Å². The van der Waals surface area contributed by atoms with Gasteiger partial charge in [-0.2, -0.15) is 0 Å². The van der Waals surface area contributed by atoms with E-state index in [-0.39, 0.29) is 30.4 Å². The number of anilines is 1. The Kier molecular flexibility index (Phi) is 8.59. The first-order chi connectivity index (χ1) is 20.3. The predicted octanol–water partition coefficient (Wildman–Crippen LogP) is 5.98. The highest BCUT2D eigenvalue weighted by Gasteiger charge is 2.32. The van der Waals surface area contributed by atoms with Crippen molar-refractivity contribution >= 4 is 23.7 Å². The highest BCUT2D eigenvalue weighted by molar-refractivity contribution is 5.97. The Morgan fingerprint density at radius 2 is 1.50 bits per heavy atom. The molecule has 4 aromatic carbocycles. The number of carbonyl (C=O) groups is 3. The summed E-state index contributed by atoms with van der Waals surface area (Å²) in [6.45, 7) is 1.82. The molecule has 0 aromatic heterocycles. The predicted molar refractivity (Wildman–Crippen MR) is 155 cm³/mol. The number of halogens is 1. The molecular formula is C33H29FN2O6. The second-order valence-electron chi connectivity index (χ2n) is 9.94. The Labute approximate surface area is 242 Å². The quantitative estimate of drug-likeness (QED) is 0.217. The molecule has 1 aliphatic rings. The molecule has 42 heavy (non-hydrogen) atoms. The molecule has 0 aliphatic heterocycles. The van der Waals surface area contributed by atoms with Gasteiger partial charge in [-0.15, -0.1) is 0 Å². The fourth-order valence-corrected chi connectivity index (χ4v) is 5.02. The van der Waals surface area contributed by atoms with E-state index in [0.29, 0.717) is 0 Å². The number of carboxylic acids is 1. The standard InChI is InChI=1S/C33H29FN2O6/c1-20(41-18-21-9-3-2-4-10-21)30(31(37)35-29-16-15-22(32(38)39)17-28(29)34)36-33(40)42-19-27-25-13-7-5-11-23(25)24-12-6-8-14-26(24)27/h2-17,20,27,30H,18-19H2,1H3,(H,35,37)(H,36,40)(H,38,39)/t20-,30+/m0/s1. The first kappa shape index (κ1) is 28.5. The van der Waals surface area contributed by atoms with Gasteiger partial charge in [-0.1, -0.05) is 78.9 Å². The van der Waals surface area contributed by atoms with E-state index in [9.17, 15) is 18.8 Å². The topological polar surface area (TPSA) is 114 Å². The van der Waals surface area contributed by atoms with Gasteiger partial charge in [-0.25, -0.2) is 14.0 Å². The van der Waals surface area contributed by atoms with Crippen molar-refractivity contribution in [1.82, 2.24) is 5.32 Å². The Morgan fingerprint density at radius 1 is 0.881 bits per heavy atom. The molecular weight excluding hydrogens is 539 g/mol. The van der Waals surface area contributed by atoms with Gasteiger partial charge in [0.25, 0.3) is 0 Å². The van der Waals surface area contributed by atoms with Crippen molar-refractivity contribution in [2.75, 3.05) is 11.9 Å².